The van der Waals surface area contributed by atoms with Gasteiger partial charge in [0.15, 0.2) is 0 Å². The molecule has 0 saturated carbocycles. The predicted octanol–water partition coefficient (Wildman–Crippen LogP) is 4.34. The smallest absolute Gasteiger partial charge is 0.312 e. The van der Waals surface area contributed by atoms with Crippen LogP contribution in [0.1, 0.15) is 70.9 Å². The van der Waals surface area contributed by atoms with Crippen molar-refractivity contribution in [1.29, 1.82) is 0 Å². The summed E-state index contributed by atoms with van der Waals surface area (Å²) in [5.74, 6) is 1.26. The first kappa shape index (κ1) is 19.9. The van der Waals surface area contributed by atoms with E-state index in [9.17, 15) is 4.79 Å². The number of morpholine rings is 1. The molecule has 4 heteroatoms. The zero-order valence-corrected chi connectivity index (χ0v) is 16.5. The molecule has 0 radical (unpaired) electrons. The Morgan fingerprint density at radius 2 is 1.64 bits per heavy atom. The van der Waals surface area contributed by atoms with Gasteiger partial charge in [-0.1, -0.05) is 45.9 Å². The zero-order chi connectivity index (χ0) is 18.6. The molecule has 0 aliphatic carbocycles. The molecule has 0 aromatic heterocycles. The molecular formula is C21H33NO3. The molecule has 0 amide bonds. The summed E-state index contributed by atoms with van der Waals surface area (Å²) in [6.45, 7) is 15.2. The van der Waals surface area contributed by atoms with E-state index in [4.69, 9.17) is 9.47 Å². The summed E-state index contributed by atoms with van der Waals surface area (Å²) in [6.07, 6.45) is 0.839. The van der Waals surface area contributed by atoms with Crippen LogP contribution in [0.25, 0.3) is 0 Å². The zero-order valence-electron chi connectivity index (χ0n) is 16.5. The second kappa shape index (κ2) is 8.81. The Morgan fingerprint density at radius 1 is 1.12 bits per heavy atom. The van der Waals surface area contributed by atoms with Crippen LogP contribution in [0.3, 0.4) is 0 Å². The minimum absolute atomic E-state index is 0.151. The maximum absolute atomic E-state index is 12.5. The summed E-state index contributed by atoms with van der Waals surface area (Å²) in [7, 11) is 0. The van der Waals surface area contributed by atoms with Gasteiger partial charge in [0.05, 0.1) is 18.6 Å². The van der Waals surface area contributed by atoms with Crippen molar-refractivity contribution in [2.45, 2.75) is 72.0 Å². The molecule has 1 aliphatic rings. The Bertz CT molecular complexity index is 546. The molecule has 1 saturated heterocycles. The second-order valence-corrected chi connectivity index (χ2v) is 7.82. The Morgan fingerprint density at radius 3 is 2.12 bits per heavy atom. The van der Waals surface area contributed by atoms with E-state index in [-0.39, 0.29) is 18.2 Å². The minimum atomic E-state index is -0.151. The lowest BCUT2D eigenvalue weighted by Crippen LogP contribution is -2.46. The van der Waals surface area contributed by atoms with Crippen molar-refractivity contribution >= 4 is 5.97 Å². The number of benzene rings is 1. The topological polar surface area (TPSA) is 38.8 Å². The summed E-state index contributed by atoms with van der Waals surface area (Å²) < 4.78 is 11.6. The molecule has 140 valence electrons. The highest BCUT2D eigenvalue weighted by molar-refractivity contribution is 5.73. The molecule has 0 N–H and O–H groups in total. The molecule has 25 heavy (non-hydrogen) atoms. The third-order valence-electron chi connectivity index (χ3n) is 4.66. The van der Waals surface area contributed by atoms with Crippen LogP contribution in [0.2, 0.25) is 0 Å². The average molecular weight is 347 g/mol. The van der Waals surface area contributed by atoms with Crippen molar-refractivity contribution in [3.8, 4) is 5.75 Å². The summed E-state index contributed by atoms with van der Waals surface area (Å²) in [4.78, 5) is 14.8. The molecule has 2 atom stereocenters. The van der Waals surface area contributed by atoms with Gasteiger partial charge in [-0.15, -0.1) is 0 Å². The summed E-state index contributed by atoms with van der Waals surface area (Å²) in [5.41, 5.74) is 2.21. The predicted molar refractivity (Wildman–Crippen MR) is 101 cm³/mol. The van der Waals surface area contributed by atoms with Gasteiger partial charge in [-0.2, -0.15) is 0 Å². The molecule has 1 heterocycles. The van der Waals surface area contributed by atoms with Gasteiger partial charge in [0, 0.05) is 19.6 Å². The molecule has 1 fully saturated rings. The van der Waals surface area contributed by atoms with Crippen LogP contribution < -0.4 is 4.74 Å². The highest BCUT2D eigenvalue weighted by Gasteiger charge is 2.23. The number of ether oxygens (including phenoxy) is 2. The number of carbonyl (C=O) groups is 1. The first-order valence-electron chi connectivity index (χ1n) is 9.49. The summed E-state index contributed by atoms with van der Waals surface area (Å²) in [6, 6.07) is 6.17. The monoisotopic (exact) mass is 347 g/mol. The number of para-hydroxylation sites is 1. The van der Waals surface area contributed by atoms with E-state index >= 15 is 0 Å². The summed E-state index contributed by atoms with van der Waals surface area (Å²) >= 11 is 0. The molecule has 2 unspecified atom stereocenters. The molecule has 1 aliphatic heterocycles. The fraction of sp³-hybridized carbons (Fsp3) is 0.667. The van der Waals surface area contributed by atoms with E-state index in [1.807, 2.05) is 0 Å². The molecule has 1 aromatic rings. The van der Waals surface area contributed by atoms with Gasteiger partial charge >= 0.3 is 5.97 Å². The van der Waals surface area contributed by atoms with E-state index in [1.165, 1.54) is 0 Å². The van der Waals surface area contributed by atoms with E-state index in [0.717, 1.165) is 36.5 Å². The van der Waals surface area contributed by atoms with E-state index < -0.39 is 0 Å². The minimum Gasteiger partial charge on any atom is -0.426 e. The van der Waals surface area contributed by atoms with Gasteiger partial charge in [0.2, 0.25) is 0 Å². The Balaban J connectivity index is 2.02. The fourth-order valence-corrected chi connectivity index (χ4v) is 3.48. The molecular weight excluding hydrogens is 314 g/mol. The normalized spacial score (nSPS) is 21.8. The highest BCUT2D eigenvalue weighted by atomic mass is 16.5. The van der Waals surface area contributed by atoms with Crippen LogP contribution in [0.15, 0.2) is 18.2 Å². The molecule has 0 bridgehead atoms. The van der Waals surface area contributed by atoms with Crippen molar-refractivity contribution in [3.05, 3.63) is 29.3 Å². The lowest BCUT2D eigenvalue weighted by Gasteiger charge is -2.35. The summed E-state index contributed by atoms with van der Waals surface area (Å²) in [5, 5.41) is 0. The van der Waals surface area contributed by atoms with Gasteiger partial charge in [0.25, 0.3) is 0 Å². The molecule has 1 aromatic carbocycles. The first-order valence-corrected chi connectivity index (χ1v) is 9.49. The number of hydrogen-bond donors (Lipinski definition) is 0. The van der Waals surface area contributed by atoms with E-state index in [1.54, 1.807) is 0 Å². The van der Waals surface area contributed by atoms with Gasteiger partial charge < -0.3 is 9.47 Å². The first-order chi connectivity index (χ1) is 11.8. The van der Waals surface area contributed by atoms with Crippen LogP contribution in [-0.4, -0.2) is 42.7 Å². The third-order valence-corrected chi connectivity index (χ3v) is 4.66. The van der Waals surface area contributed by atoms with Crippen molar-refractivity contribution < 1.29 is 14.3 Å². The quantitative estimate of drug-likeness (QED) is 0.567. The number of nitrogens with zero attached hydrogens (tertiary/aromatic N) is 1. The maximum Gasteiger partial charge on any atom is 0.312 e. The fourth-order valence-electron chi connectivity index (χ4n) is 3.48. The lowest BCUT2D eigenvalue weighted by atomic mass is 9.94. The van der Waals surface area contributed by atoms with Gasteiger partial charge in [-0.05, 0) is 36.8 Å². The maximum atomic E-state index is 12.5. The van der Waals surface area contributed by atoms with Crippen molar-refractivity contribution in [2.75, 3.05) is 19.6 Å². The van der Waals surface area contributed by atoms with Crippen molar-refractivity contribution in [3.63, 3.8) is 0 Å². The standard InChI is InChI=1S/C21H33NO3/c1-14(2)18-8-7-9-19(15(3)4)21(18)25-20(23)10-11-22-12-16(5)24-17(6)13-22/h7-9,14-17H,10-13H2,1-6H3. The van der Waals surface area contributed by atoms with E-state index in [0.29, 0.717) is 18.3 Å². The highest BCUT2D eigenvalue weighted by Crippen LogP contribution is 2.34. The van der Waals surface area contributed by atoms with Gasteiger partial charge in [-0.3, -0.25) is 9.69 Å². The van der Waals surface area contributed by atoms with Crippen molar-refractivity contribution in [2.24, 2.45) is 0 Å². The third kappa shape index (κ3) is 5.55. The Hall–Kier alpha value is -1.39. The molecule has 0 spiro atoms. The molecule has 2 rings (SSSR count). The van der Waals surface area contributed by atoms with Crippen LogP contribution in [-0.2, 0) is 9.53 Å². The number of carbonyl (C=O) groups excluding carboxylic acids is 1. The van der Waals surface area contributed by atoms with E-state index in [2.05, 4.69) is 64.6 Å². The SMILES string of the molecule is CC1CN(CCC(=O)Oc2c(C(C)C)cccc2C(C)C)CC(C)O1. The Labute approximate surface area is 152 Å². The molecule has 4 nitrogen and oxygen atoms in total. The number of rotatable bonds is 6. The largest absolute Gasteiger partial charge is 0.426 e. The van der Waals surface area contributed by atoms with Crippen LogP contribution >= 0.6 is 0 Å². The van der Waals surface area contributed by atoms with Crippen LogP contribution in [0.5, 0.6) is 5.75 Å². The average Bonchev–Trinajstić information content (AvgIpc) is 2.51. The number of hydrogen-bond acceptors (Lipinski definition) is 4. The number of esters is 1. The van der Waals surface area contributed by atoms with Crippen LogP contribution in [0.4, 0.5) is 0 Å². The Kier molecular flexibility index (Phi) is 7.03. The second-order valence-electron chi connectivity index (χ2n) is 7.82. The van der Waals surface area contributed by atoms with Crippen LogP contribution in [0, 0.1) is 0 Å². The van der Waals surface area contributed by atoms with Gasteiger partial charge in [-0.25, -0.2) is 0 Å². The van der Waals surface area contributed by atoms with Crippen molar-refractivity contribution in [1.82, 2.24) is 4.90 Å². The lowest BCUT2D eigenvalue weighted by molar-refractivity contribution is -0.135. The van der Waals surface area contributed by atoms with Gasteiger partial charge in [0.1, 0.15) is 5.75 Å².